The van der Waals surface area contributed by atoms with Crippen molar-refractivity contribution in [1.82, 2.24) is 9.78 Å². The second-order valence-electron chi connectivity index (χ2n) is 4.82. The molecule has 1 fully saturated rings. The third kappa shape index (κ3) is 1.73. The smallest absolute Gasteiger partial charge is 0.267 e. The predicted octanol–water partition coefficient (Wildman–Crippen LogP) is 2.74. The molecule has 2 N–H and O–H groups in total. The molecule has 0 spiro atoms. The molecule has 1 saturated carbocycles. The van der Waals surface area contributed by atoms with Crippen LogP contribution in [0.2, 0.25) is 0 Å². The van der Waals surface area contributed by atoms with Gasteiger partial charge in [0.2, 0.25) is 0 Å². The molecular formula is C11H17F2N3. The van der Waals surface area contributed by atoms with Gasteiger partial charge >= 0.3 is 0 Å². The van der Waals surface area contributed by atoms with Gasteiger partial charge in [-0.25, -0.2) is 8.78 Å². The molecule has 0 unspecified atom stereocenters. The zero-order valence-electron chi connectivity index (χ0n) is 9.58. The lowest BCUT2D eigenvalue weighted by Gasteiger charge is -2.37. The molecule has 0 radical (unpaired) electrons. The molecule has 1 heterocycles. The maximum Gasteiger partial charge on any atom is 0.267 e. The molecule has 3 nitrogen and oxygen atoms in total. The lowest BCUT2D eigenvalue weighted by molar-refractivity contribution is 0.143. The first-order valence-corrected chi connectivity index (χ1v) is 5.60. The van der Waals surface area contributed by atoms with Crippen LogP contribution in [0.1, 0.15) is 56.8 Å². The summed E-state index contributed by atoms with van der Waals surface area (Å²) in [5, 5.41) is 4.24. The molecule has 1 aromatic rings. The minimum absolute atomic E-state index is 0.00380. The van der Waals surface area contributed by atoms with Crippen LogP contribution in [0.25, 0.3) is 0 Å². The summed E-state index contributed by atoms with van der Waals surface area (Å²) in [7, 11) is 0. The zero-order valence-corrected chi connectivity index (χ0v) is 9.58. The maximum atomic E-state index is 12.9. The average molecular weight is 229 g/mol. The largest absolute Gasteiger partial charge is 0.320 e. The molecule has 2 rings (SSSR count). The Morgan fingerprint density at radius 2 is 2.06 bits per heavy atom. The van der Waals surface area contributed by atoms with E-state index >= 15 is 0 Å². The Kier molecular flexibility index (Phi) is 2.74. The highest BCUT2D eigenvalue weighted by molar-refractivity contribution is 5.28. The number of nitrogens with zero attached hydrogens (tertiary/aromatic N) is 2. The molecular weight excluding hydrogens is 212 g/mol. The normalized spacial score (nSPS) is 19.2. The molecule has 0 aromatic carbocycles. The standard InChI is InChI=1S/C11H17F2N3/c1-7(2)16-6-8(10(12)13)9(15-16)11(14)4-3-5-11/h6-7,10H,3-5,14H2,1-2H3. The van der Waals surface area contributed by atoms with E-state index < -0.39 is 12.0 Å². The summed E-state index contributed by atoms with van der Waals surface area (Å²) in [6.07, 6.45) is 1.43. The molecule has 0 atom stereocenters. The molecule has 0 bridgehead atoms. The van der Waals surface area contributed by atoms with Gasteiger partial charge in [-0.15, -0.1) is 0 Å². The second-order valence-corrected chi connectivity index (χ2v) is 4.82. The molecule has 1 aliphatic carbocycles. The Balaban J connectivity index is 2.42. The van der Waals surface area contributed by atoms with E-state index in [1.165, 1.54) is 6.20 Å². The highest BCUT2D eigenvalue weighted by atomic mass is 19.3. The van der Waals surface area contributed by atoms with Crippen molar-refractivity contribution in [3.63, 3.8) is 0 Å². The number of halogens is 2. The van der Waals surface area contributed by atoms with Crippen LogP contribution >= 0.6 is 0 Å². The van der Waals surface area contributed by atoms with Gasteiger partial charge < -0.3 is 5.73 Å². The second kappa shape index (κ2) is 3.80. The van der Waals surface area contributed by atoms with E-state index in [1.807, 2.05) is 13.8 Å². The van der Waals surface area contributed by atoms with Crippen LogP contribution in [0.4, 0.5) is 8.78 Å². The lowest BCUT2D eigenvalue weighted by Crippen LogP contribution is -2.44. The summed E-state index contributed by atoms with van der Waals surface area (Å²) in [5.74, 6) is 0. The molecule has 1 aromatic heterocycles. The van der Waals surface area contributed by atoms with Gasteiger partial charge in [-0.1, -0.05) is 0 Å². The zero-order chi connectivity index (χ0) is 11.9. The third-order valence-corrected chi connectivity index (χ3v) is 3.24. The van der Waals surface area contributed by atoms with Gasteiger partial charge in [0.25, 0.3) is 6.43 Å². The average Bonchev–Trinajstić information content (AvgIpc) is 2.58. The molecule has 90 valence electrons. The number of aromatic nitrogens is 2. The summed E-state index contributed by atoms with van der Waals surface area (Å²) in [5.41, 5.74) is 5.84. The van der Waals surface area contributed by atoms with Gasteiger partial charge in [0, 0.05) is 12.2 Å². The maximum absolute atomic E-state index is 12.9. The third-order valence-electron chi connectivity index (χ3n) is 3.24. The van der Waals surface area contributed by atoms with Crippen LogP contribution in [0.15, 0.2) is 6.20 Å². The lowest BCUT2D eigenvalue weighted by atomic mass is 9.74. The predicted molar refractivity (Wildman–Crippen MR) is 57.3 cm³/mol. The van der Waals surface area contributed by atoms with Crippen LogP contribution in [-0.4, -0.2) is 9.78 Å². The number of alkyl halides is 2. The molecule has 0 aliphatic heterocycles. The van der Waals surface area contributed by atoms with Crippen molar-refractivity contribution < 1.29 is 8.78 Å². The Bertz CT molecular complexity index is 381. The number of rotatable bonds is 3. The molecule has 1 aliphatic rings. The van der Waals surface area contributed by atoms with Gasteiger partial charge in [0.05, 0.1) is 16.8 Å². The molecule has 0 saturated heterocycles. The van der Waals surface area contributed by atoms with Gasteiger partial charge in [0.15, 0.2) is 0 Å². The highest BCUT2D eigenvalue weighted by Gasteiger charge is 2.40. The van der Waals surface area contributed by atoms with Crippen LogP contribution in [-0.2, 0) is 5.54 Å². The number of hydrogen-bond acceptors (Lipinski definition) is 2. The Morgan fingerprint density at radius 3 is 2.44 bits per heavy atom. The monoisotopic (exact) mass is 229 g/mol. The van der Waals surface area contributed by atoms with Crippen molar-refractivity contribution >= 4 is 0 Å². The first kappa shape index (κ1) is 11.5. The Hall–Kier alpha value is -0.970. The number of hydrogen-bond donors (Lipinski definition) is 1. The van der Waals surface area contributed by atoms with Crippen molar-refractivity contribution in [3.8, 4) is 0 Å². The summed E-state index contributed by atoms with van der Waals surface area (Å²) in [6, 6.07) is 0.0786. The minimum atomic E-state index is -2.50. The van der Waals surface area contributed by atoms with E-state index in [0.717, 1.165) is 19.3 Å². The quantitative estimate of drug-likeness (QED) is 0.866. The van der Waals surface area contributed by atoms with Crippen molar-refractivity contribution in [2.45, 2.75) is 51.1 Å². The van der Waals surface area contributed by atoms with Gasteiger partial charge in [-0.05, 0) is 33.1 Å². The van der Waals surface area contributed by atoms with Gasteiger partial charge in [-0.3, -0.25) is 4.68 Å². The summed E-state index contributed by atoms with van der Waals surface area (Å²) < 4.78 is 27.3. The summed E-state index contributed by atoms with van der Waals surface area (Å²) in [6.45, 7) is 3.83. The van der Waals surface area contributed by atoms with Gasteiger partial charge in [0.1, 0.15) is 0 Å². The van der Waals surface area contributed by atoms with E-state index in [-0.39, 0.29) is 11.6 Å². The van der Waals surface area contributed by atoms with E-state index in [1.54, 1.807) is 4.68 Å². The van der Waals surface area contributed by atoms with E-state index in [9.17, 15) is 8.78 Å². The Labute approximate surface area is 93.6 Å². The summed E-state index contributed by atoms with van der Waals surface area (Å²) in [4.78, 5) is 0. The SMILES string of the molecule is CC(C)n1cc(C(F)F)c(C2(N)CCC2)n1. The fourth-order valence-corrected chi connectivity index (χ4v) is 2.01. The van der Waals surface area contributed by atoms with Crippen LogP contribution in [0, 0.1) is 0 Å². The van der Waals surface area contributed by atoms with Crippen molar-refractivity contribution in [3.05, 3.63) is 17.5 Å². The van der Waals surface area contributed by atoms with Crippen LogP contribution in [0.3, 0.4) is 0 Å². The number of nitrogens with two attached hydrogens (primary N) is 1. The molecule has 5 heteroatoms. The fourth-order valence-electron chi connectivity index (χ4n) is 2.01. The Morgan fingerprint density at radius 1 is 1.44 bits per heavy atom. The van der Waals surface area contributed by atoms with E-state index in [4.69, 9.17) is 5.73 Å². The van der Waals surface area contributed by atoms with Crippen LogP contribution < -0.4 is 5.73 Å². The fraction of sp³-hybridized carbons (Fsp3) is 0.727. The van der Waals surface area contributed by atoms with Crippen molar-refractivity contribution in [2.24, 2.45) is 5.73 Å². The molecule has 16 heavy (non-hydrogen) atoms. The van der Waals surface area contributed by atoms with E-state index in [0.29, 0.717) is 5.69 Å². The first-order valence-electron chi connectivity index (χ1n) is 5.60. The minimum Gasteiger partial charge on any atom is -0.320 e. The first-order chi connectivity index (χ1) is 7.44. The topological polar surface area (TPSA) is 43.8 Å². The van der Waals surface area contributed by atoms with Gasteiger partial charge in [-0.2, -0.15) is 5.10 Å². The van der Waals surface area contributed by atoms with Crippen LogP contribution in [0.5, 0.6) is 0 Å². The van der Waals surface area contributed by atoms with Crippen molar-refractivity contribution in [1.29, 1.82) is 0 Å². The van der Waals surface area contributed by atoms with Crippen molar-refractivity contribution in [2.75, 3.05) is 0 Å². The summed E-state index contributed by atoms with van der Waals surface area (Å²) >= 11 is 0. The highest BCUT2D eigenvalue weighted by Crippen LogP contribution is 2.41. The molecule has 0 amide bonds. The van der Waals surface area contributed by atoms with E-state index in [2.05, 4.69) is 5.10 Å².